The minimum absolute atomic E-state index is 0.168. The molecule has 1 aromatic rings. The zero-order valence-corrected chi connectivity index (χ0v) is 14.0. The fourth-order valence-electron chi connectivity index (χ4n) is 2.25. The number of amides is 1. The van der Waals surface area contributed by atoms with E-state index in [1.165, 1.54) is 14.2 Å². The SMILES string of the molecule is COC(=O)[C@@H](Cc1ccccc1OC)NC(=O)[C@H](O)CC(C)C. The Morgan fingerprint density at radius 2 is 1.87 bits per heavy atom. The summed E-state index contributed by atoms with van der Waals surface area (Å²) in [5.41, 5.74) is 0.768. The topological polar surface area (TPSA) is 84.9 Å². The Morgan fingerprint density at radius 1 is 1.22 bits per heavy atom. The van der Waals surface area contributed by atoms with Gasteiger partial charge in [-0.2, -0.15) is 0 Å². The van der Waals surface area contributed by atoms with Gasteiger partial charge in [-0.1, -0.05) is 32.0 Å². The highest BCUT2D eigenvalue weighted by molar-refractivity contribution is 5.87. The Hall–Kier alpha value is -2.08. The minimum atomic E-state index is -1.15. The molecule has 0 unspecified atom stereocenters. The smallest absolute Gasteiger partial charge is 0.328 e. The number of ether oxygens (including phenoxy) is 2. The van der Waals surface area contributed by atoms with Crippen LogP contribution in [0.2, 0.25) is 0 Å². The summed E-state index contributed by atoms with van der Waals surface area (Å²) in [7, 11) is 2.80. The van der Waals surface area contributed by atoms with Crippen molar-refractivity contribution in [1.82, 2.24) is 5.32 Å². The molecule has 128 valence electrons. The Balaban J connectivity index is 2.85. The normalized spacial score (nSPS) is 13.3. The summed E-state index contributed by atoms with van der Waals surface area (Å²) in [6.45, 7) is 3.81. The van der Waals surface area contributed by atoms with Gasteiger partial charge in [0.05, 0.1) is 14.2 Å². The summed E-state index contributed by atoms with van der Waals surface area (Å²) in [5.74, 6) is -0.357. The molecule has 0 aliphatic rings. The van der Waals surface area contributed by atoms with E-state index in [2.05, 4.69) is 5.32 Å². The molecular weight excluding hydrogens is 298 g/mol. The van der Waals surface area contributed by atoms with Crippen LogP contribution in [0.25, 0.3) is 0 Å². The van der Waals surface area contributed by atoms with Crippen LogP contribution >= 0.6 is 0 Å². The van der Waals surface area contributed by atoms with Crippen molar-refractivity contribution in [2.75, 3.05) is 14.2 Å². The second kappa shape index (κ2) is 9.15. The predicted molar refractivity (Wildman–Crippen MR) is 86.1 cm³/mol. The van der Waals surface area contributed by atoms with Crippen molar-refractivity contribution in [2.24, 2.45) is 5.92 Å². The first-order valence-electron chi connectivity index (χ1n) is 7.57. The van der Waals surface area contributed by atoms with E-state index in [9.17, 15) is 14.7 Å². The molecule has 0 bridgehead atoms. The summed E-state index contributed by atoms with van der Waals surface area (Å²) in [4.78, 5) is 24.0. The van der Waals surface area contributed by atoms with Crippen LogP contribution in [-0.4, -0.2) is 43.3 Å². The predicted octanol–water partition coefficient (Wildman–Crippen LogP) is 1.30. The Morgan fingerprint density at radius 3 is 2.43 bits per heavy atom. The van der Waals surface area contributed by atoms with Crippen molar-refractivity contribution in [3.8, 4) is 5.75 Å². The average molecular weight is 323 g/mol. The maximum atomic E-state index is 12.1. The third kappa shape index (κ3) is 5.90. The maximum absolute atomic E-state index is 12.1. The molecule has 0 aliphatic heterocycles. The number of hydrogen-bond donors (Lipinski definition) is 2. The number of carbonyl (C=O) groups is 2. The van der Waals surface area contributed by atoms with E-state index in [1.807, 2.05) is 32.0 Å². The van der Waals surface area contributed by atoms with Gasteiger partial charge < -0.3 is 19.9 Å². The molecule has 0 saturated heterocycles. The Labute approximate surface area is 136 Å². The minimum Gasteiger partial charge on any atom is -0.496 e. The molecule has 1 amide bonds. The van der Waals surface area contributed by atoms with Crippen molar-refractivity contribution in [3.05, 3.63) is 29.8 Å². The number of carbonyl (C=O) groups excluding carboxylic acids is 2. The molecule has 0 spiro atoms. The number of esters is 1. The molecule has 2 atom stereocenters. The van der Waals surface area contributed by atoms with Gasteiger partial charge in [-0.05, 0) is 24.0 Å². The lowest BCUT2D eigenvalue weighted by Gasteiger charge is -2.20. The average Bonchev–Trinajstić information content (AvgIpc) is 2.53. The van der Waals surface area contributed by atoms with Gasteiger partial charge in [0.2, 0.25) is 5.91 Å². The number of aliphatic hydroxyl groups is 1. The fourth-order valence-corrected chi connectivity index (χ4v) is 2.25. The van der Waals surface area contributed by atoms with Gasteiger partial charge in [-0.15, -0.1) is 0 Å². The number of nitrogens with one attached hydrogen (secondary N) is 1. The first kappa shape index (κ1) is 19.0. The van der Waals surface area contributed by atoms with E-state index in [4.69, 9.17) is 9.47 Å². The fraction of sp³-hybridized carbons (Fsp3) is 0.529. The molecule has 1 aromatic carbocycles. The summed E-state index contributed by atoms with van der Waals surface area (Å²) in [6, 6.07) is 6.35. The maximum Gasteiger partial charge on any atom is 0.328 e. The molecule has 0 aromatic heterocycles. The molecule has 0 saturated carbocycles. The first-order chi connectivity index (χ1) is 10.9. The van der Waals surface area contributed by atoms with Crippen LogP contribution in [-0.2, 0) is 20.7 Å². The molecule has 0 heterocycles. The van der Waals surface area contributed by atoms with Gasteiger partial charge >= 0.3 is 5.97 Å². The second-order valence-corrected chi connectivity index (χ2v) is 5.75. The summed E-state index contributed by atoms with van der Waals surface area (Å²) < 4.78 is 9.99. The van der Waals surface area contributed by atoms with Gasteiger partial charge in [-0.25, -0.2) is 4.79 Å². The van der Waals surface area contributed by atoms with Crippen molar-refractivity contribution in [3.63, 3.8) is 0 Å². The molecular formula is C17H25NO5. The van der Waals surface area contributed by atoms with Crippen LogP contribution < -0.4 is 10.1 Å². The largest absolute Gasteiger partial charge is 0.496 e. The highest BCUT2D eigenvalue weighted by atomic mass is 16.5. The van der Waals surface area contributed by atoms with E-state index in [0.29, 0.717) is 12.2 Å². The lowest BCUT2D eigenvalue weighted by atomic mass is 10.0. The molecule has 1 rings (SSSR count). The van der Waals surface area contributed by atoms with Gasteiger partial charge in [0.15, 0.2) is 0 Å². The number of benzene rings is 1. The summed E-state index contributed by atoms with van der Waals surface area (Å²) >= 11 is 0. The molecule has 6 heteroatoms. The zero-order chi connectivity index (χ0) is 17.4. The third-order valence-electron chi connectivity index (χ3n) is 3.42. The first-order valence-corrected chi connectivity index (χ1v) is 7.57. The van der Waals surface area contributed by atoms with Gasteiger partial charge in [0.25, 0.3) is 0 Å². The Bertz CT molecular complexity index is 529. The van der Waals surface area contributed by atoms with E-state index in [1.54, 1.807) is 6.07 Å². The Kier molecular flexibility index (Phi) is 7.54. The number of methoxy groups -OCH3 is 2. The van der Waals surface area contributed by atoms with Crippen molar-refractivity contribution >= 4 is 11.9 Å². The zero-order valence-electron chi connectivity index (χ0n) is 14.0. The van der Waals surface area contributed by atoms with Crippen molar-refractivity contribution in [1.29, 1.82) is 0 Å². The molecule has 6 nitrogen and oxygen atoms in total. The standard InChI is InChI=1S/C17H25NO5/c1-11(2)9-14(19)16(20)18-13(17(21)23-4)10-12-7-5-6-8-15(12)22-3/h5-8,11,13-14,19H,9-10H2,1-4H3,(H,18,20)/t13-,14-/m1/s1. The molecule has 2 N–H and O–H groups in total. The monoisotopic (exact) mass is 323 g/mol. The lowest BCUT2D eigenvalue weighted by molar-refractivity contribution is -0.146. The van der Waals surface area contributed by atoms with Crippen LogP contribution in [0.5, 0.6) is 5.75 Å². The van der Waals surface area contributed by atoms with Crippen LogP contribution in [0.4, 0.5) is 0 Å². The lowest BCUT2D eigenvalue weighted by Crippen LogP contribution is -2.47. The van der Waals surface area contributed by atoms with Crippen LogP contribution in [0.1, 0.15) is 25.8 Å². The summed E-state index contributed by atoms with van der Waals surface area (Å²) in [6.07, 6.45) is -0.606. The highest BCUT2D eigenvalue weighted by Crippen LogP contribution is 2.19. The molecule has 0 radical (unpaired) electrons. The summed E-state index contributed by atoms with van der Waals surface area (Å²) in [5, 5.41) is 12.4. The number of rotatable bonds is 8. The number of para-hydroxylation sites is 1. The van der Waals surface area contributed by atoms with Crippen LogP contribution in [0, 0.1) is 5.92 Å². The molecule has 23 heavy (non-hydrogen) atoms. The van der Waals surface area contributed by atoms with E-state index in [0.717, 1.165) is 5.56 Å². The van der Waals surface area contributed by atoms with Crippen LogP contribution in [0.15, 0.2) is 24.3 Å². The molecule has 0 aliphatic carbocycles. The quantitative estimate of drug-likeness (QED) is 0.705. The third-order valence-corrected chi connectivity index (χ3v) is 3.42. The van der Waals surface area contributed by atoms with Gasteiger partial charge in [0.1, 0.15) is 17.9 Å². The van der Waals surface area contributed by atoms with Crippen LogP contribution in [0.3, 0.4) is 0 Å². The van der Waals surface area contributed by atoms with Gasteiger partial charge in [-0.3, -0.25) is 4.79 Å². The van der Waals surface area contributed by atoms with Gasteiger partial charge in [0, 0.05) is 6.42 Å². The number of aliphatic hydroxyl groups excluding tert-OH is 1. The van der Waals surface area contributed by atoms with E-state index < -0.39 is 24.0 Å². The second-order valence-electron chi connectivity index (χ2n) is 5.75. The van der Waals surface area contributed by atoms with Crippen molar-refractivity contribution < 1.29 is 24.2 Å². The van der Waals surface area contributed by atoms with E-state index in [-0.39, 0.29) is 12.3 Å². The van der Waals surface area contributed by atoms with Crippen molar-refractivity contribution in [2.45, 2.75) is 38.8 Å². The molecule has 0 fully saturated rings. The number of hydrogen-bond acceptors (Lipinski definition) is 5. The highest BCUT2D eigenvalue weighted by Gasteiger charge is 2.26. The van der Waals surface area contributed by atoms with E-state index >= 15 is 0 Å².